The zero-order chi connectivity index (χ0) is 7.42. The van der Waals surface area contributed by atoms with Crippen LogP contribution in [0.15, 0.2) is 0 Å². The highest BCUT2D eigenvalue weighted by Crippen LogP contribution is 2.68. The topological polar surface area (TPSA) is 38.0 Å². The van der Waals surface area contributed by atoms with Crippen molar-refractivity contribution in [2.45, 2.75) is 19.3 Å². The normalized spacial score (nSPS) is 58.1. The Morgan fingerprint density at radius 3 is 2.36 bits per heavy atom. The van der Waals surface area contributed by atoms with Crippen LogP contribution in [-0.4, -0.2) is 6.54 Å². The monoisotopic (exact) mass is 152 g/mol. The van der Waals surface area contributed by atoms with E-state index in [-0.39, 0.29) is 0 Å². The minimum atomic E-state index is 0.964. The van der Waals surface area contributed by atoms with Crippen LogP contribution in [0, 0.1) is 29.6 Å². The third-order valence-corrected chi connectivity index (χ3v) is 4.25. The second-order valence-electron chi connectivity index (χ2n) is 4.56. The fourth-order valence-electron chi connectivity index (χ4n) is 3.92. The molecule has 62 valence electrons. The standard InChI is InChI=1S/C9H16N2/c10-11-4-7-8-5-1-2-6(3-5)9(7)8/h5-9,11H,1-4,10H2. The molecule has 3 N–H and O–H groups in total. The van der Waals surface area contributed by atoms with Crippen molar-refractivity contribution >= 4 is 0 Å². The van der Waals surface area contributed by atoms with Gasteiger partial charge in [-0.3, -0.25) is 11.3 Å². The van der Waals surface area contributed by atoms with Crippen LogP contribution in [0.1, 0.15) is 19.3 Å². The first kappa shape index (κ1) is 6.44. The van der Waals surface area contributed by atoms with Gasteiger partial charge in [0.05, 0.1) is 0 Å². The first-order valence-electron chi connectivity index (χ1n) is 4.85. The third-order valence-electron chi connectivity index (χ3n) is 4.25. The maximum atomic E-state index is 5.33. The van der Waals surface area contributed by atoms with E-state index in [4.69, 9.17) is 5.84 Å². The van der Waals surface area contributed by atoms with Crippen molar-refractivity contribution < 1.29 is 0 Å². The van der Waals surface area contributed by atoms with E-state index in [2.05, 4.69) is 5.43 Å². The summed E-state index contributed by atoms with van der Waals surface area (Å²) in [6.07, 6.45) is 4.59. The molecule has 2 bridgehead atoms. The maximum Gasteiger partial charge on any atom is 0.0131 e. The highest BCUT2D eigenvalue weighted by atomic mass is 15.2. The Hall–Kier alpha value is -0.0800. The van der Waals surface area contributed by atoms with Crippen LogP contribution in [0.25, 0.3) is 0 Å². The van der Waals surface area contributed by atoms with Crippen molar-refractivity contribution in [3.8, 4) is 0 Å². The molecule has 2 heteroatoms. The average molecular weight is 152 g/mol. The van der Waals surface area contributed by atoms with E-state index < -0.39 is 0 Å². The van der Waals surface area contributed by atoms with Crippen molar-refractivity contribution in [3.63, 3.8) is 0 Å². The lowest BCUT2D eigenvalue weighted by molar-refractivity contribution is 0.446. The van der Waals surface area contributed by atoms with Gasteiger partial charge < -0.3 is 0 Å². The molecule has 0 radical (unpaired) electrons. The summed E-state index contributed by atoms with van der Waals surface area (Å²) in [5.41, 5.74) is 2.83. The minimum absolute atomic E-state index is 0.964. The molecule has 3 aliphatic carbocycles. The van der Waals surface area contributed by atoms with Crippen molar-refractivity contribution in [3.05, 3.63) is 0 Å². The van der Waals surface area contributed by atoms with Gasteiger partial charge in [0.25, 0.3) is 0 Å². The van der Waals surface area contributed by atoms with Crippen molar-refractivity contribution in [1.82, 2.24) is 5.43 Å². The number of hydrogen-bond acceptors (Lipinski definition) is 2. The Balaban J connectivity index is 1.72. The number of fused-ring (bicyclic) bond motifs is 5. The van der Waals surface area contributed by atoms with Gasteiger partial charge in [0.2, 0.25) is 0 Å². The Kier molecular flexibility index (Phi) is 1.16. The summed E-state index contributed by atoms with van der Waals surface area (Å²) in [4.78, 5) is 0. The van der Waals surface area contributed by atoms with Crippen LogP contribution >= 0.6 is 0 Å². The van der Waals surface area contributed by atoms with Gasteiger partial charge in [0.1, 0.15) is 0 Å². The molecule has 0 saturated heterocycles. The second kappa shape index (κ2) is 1.99. The van der Waals surface area contributed by atoms with Gasteiger partial charge >= 0.3 is 0 Å². The van der Waals surface area contributed by atoms with Crippen molar-refractivity contribution in [2.75, 3.05) is 6.54 Å². The summed E-state index contributed by atoms with van der Waals surface area (Å²) in [6, 6.07) is 0. The Labute approximate surface area is 67.5 Å². The van der Waals surface area contributed by atoms with E-state index in [0.29, 0.717) is 0 Å². The molecule has 3 aliphatic rings. The minimum Gasteiger partial charge on any atom is -0.271 e. The van der Waals surface area contributed by atoms with Gasteiger partial charge in [-0.25, -0.2) is 0 Å². The number of hydrazine groups is 1. The largest absolute Gasteiger partial charge is 0.271 e. The molecule has 4 unspecified atom stereocenters. The van der Waals surface area contributed by atoms with Gasteiger partial charge in [0.15, 0.2) is 0 Å². The average Bonchev–Trinajstić information content (AvgIpc) is 2.43. The van der Waals surface area contributed by atoms with E-state index in [0.717, 1.165) is 36.1 Å². The number of rotatable bonds is 2. The van der Waals surface area contributed by atoms with E-state index >= 15 is 0 Å². The molecule has 0 aromatic rings. The summed E-state index contributed by atoms with van der Waals surface area (Å²) >= 11 is 0. The second-order valence-corrected chi connectivity index (χ2v) is 4.56. The quantitative estimate of drug-likeness (QED) is 0.452. The highest BCUT2D eigenvalue weighted by Gasteiger charge is 2.64. The van der Waals surface area contributed by atoms with E-state index in [1.807, 2.05) is 0 Å². The predicted octanol–water partition coefficient (Wildman–Crippen LogP) is 0.742. The molecule has 3 saturated carbocycles. The summed E-state index contributed by atoms with van der Waals surface area (Å²) in [5.74, 6) is 10.7. The molecular formula is C9H16N2. The SMILES string of the molecule is NNCC1C2C3CCC(C3)C12. The summed E-state index contributed by atoms with van der Waals surface area (Å²) < 4.78 is 0. The van der Waals surface area contributed by atoms with Gasteiger partial charge in [-0.2, -0.15) is 0 Å². The molecule has 4 atom stereocenters. The number of nitrogens with one attached hydrogen (secondary N) is 1. The van der Waals surface area contributed by atoms with Crippen LogP contribution in [0.2, 0.25) is 0 Å². The van der Waals surface area contributed by atoms with Crippen LogP contribution in [0.5, 0.6) is 0 Å². The van der Waals surface area contributed by atoms with Gasteiger partial charge in [-0.15, -0.1) is 0 Å². The lowest BCUT2D eigenvalue weighted by Gasteiger charge is -2.06. The molecule has 0 spiro atoms. The van der Waals surface area contributed by atoms with Crippen LogP contribution in [0.4, 0.5) is 0 Å². The van der Waals surface area contributed by atoms with Crippen molar-refractivity contribution in [2.24, 2.45) is 35.4 Å². The number of nitrogens with two attached hydrogens (primary N) is 1. The van der Waals surface area contributed by atoms with E-state index in [1.165, 1.54) is 12.8 Å². The lowest BCUT2D eigenvalue weighted by Crippen LogP contribution is -2.26. The fraction of sp³-hybridized carbons (Fsp3) is 1.00. The molecular weight excluding hydrogens is 136 g/mol. The highest BCUT2D eigenvalue weighted by molar-refractivity contribution is 5.12. The molecule has 0 aliphatic heterocycles. The molecule has 0 amide bonds. The summed E-state index contributed by atoms with van der Waals surface area (Å²) in [6.45, 7) is 1.07. The van der Waals surface area contributed by atoms with Gasteiger partial charge in [0, 0.05) is 6.54 Å². The lowest BCUT2D eigenvalue weighted by atomic mass is 10.0. The molecule has 2 nitrogen and oxygen atoms in total. The van der Waals surface area contributed by atoms with E-state index in [9.17, 15) is 0 Å². The zero-order valence-electron chi connectivity index (χ0n) is 6.79. The molecule has 0 aromatic carbocycles. The summed E-state index contributed by atoms with van der Waals surface area (Å²) in [7, 11) is 0. The Morgan fingerprint density at radius 1 is 1.18 bits per heavy atom. The molecule has 3 fully saturated rings. The first-order valence-corrected chi connectivity index (χ1v) is 4.85. The molecule has 0 aromatic heterocycles. The first-order chi connectivity index (χ1) is 5.42. The molecule has 3 rings (SSSR count). The third kappa shape index (κ3) is 0.695. The maximum absolute atomic E-state index is 5.33. The molecule has 0 heterocycles. The van der Waals surface area contributed by atoms with Gasteiger partial charge in [-0.05, 0) is 48.9 Å². The van der Waals surface area contributed by atoms with Crippen molar-refractivity contribution in [1.29, 1.82) is 0 Å². The molecule has 11 heavy (non-hydrogen) atoms. The fourth-order valence-corrected chi connectivity index (χ4v) is 3.92. The van der Waals surface area contributed by atoms with Crippen LogP contribution in [0.3, 0.4) is 0 Å². The summed E-state index contributed by atoms with van der Waals surface area (Å²) in [5, 5.41) is 0. The predicted molar refractivity (Wildman–Crippen MR) is 43.5 cm³/mol. The zero-order valence-corrected chi connectivity index (χ0v) is 6.79. The Bertz CT molecular complexity index is 164. The van der Waals surface area contributed by atoms with Crippen LogP contribution < -0.4 is 11.3 Å². The Morgan fingerprint density at radius 2 is 1.82 bits per heavy atom. The number of hydrogen-bond donors (Lipinski definition) is 2. The smallest absolute Gasteiger partial charge is 0.0131 e. The van der Waals surface area contributed by atoms with Crippen LogP contribution in [-0.2, 0) is 0 Å². The van der Waals surface area contributed by atoms with E-state index in [1.54, 1.807) is 6.42 Å². The van der Waals surface area contributed by atoms with Gasteiger partial charge in [-0.1, -0.05) is 0 Å².